The van der Waals surface area contributed by atoms with Crippen LogP contribution in [0.1, 0.15) is 56.8 Å². The van der Waals surface area contributed by atoms with Gasteiger partial charge >= 0.3 is 6.18 Å². The van der Waals surface area contributed by atoms with Crippen molar-refractivity contribution >= 4 is 11.0 Å². The van der Waals surface area contributed by atoms with Gasteiger partial charge in [0.15, 0.2) is 0 Å². The van der Waals surface area contributed by atoms with E-state index in [1.54, 1.807) is 12.1 Å². The van der Waals surface area contributed by atoms with E-state index in [9.17, 15) is 13.2 Å². The fourth-order valence-corrected chi connectivity index (χ4v) is 2.46. The molecule has 0 fully saturated rings. The number of nitrogens with zero attached hydrogens (tertiary/aromatic N) is 1. The number of unbranched alkanes of at least 4 members (excludes halogenated alkanes) is 5. The van der Waals surface area contributed by atoms with Gasteiger partial charge in [-0.1, -0.05) is 45.1 Å². The minimum Gasteiger partial charge on any atom is -0.334 e. The van der Waals surface area contributed by atoms with E-state index in [0.717, 1.165) is 18.4 Å². The first kappa shape index (κ1) is 15.9. The molecule has 0 aliphatic carbocycles. The monoisotopic (exact) mass is 298 g/mol. The Labute approximate surface area is 122 Å². The lowest BCUT2D eigenvalue weighted by Crippen LogP contribution is -2.06. The fourth-order valence-electron chi connectivity index (χ4n) is 2.46. The molecule has 0 amide bonds. The summed E-state index contributed by atoms with van der Waals surface area (Å²) in [6, 6.07) is 5.31. The number of rotatable bonds is 7. The van der Waals surface area contributed by atoms with Crippen LogP contribution in [-0.4, -0.2) is 9.97 Å². The van der Waals surface area contributed by atoms with Crippen molar-refractivity contribution in [3.63, 3.8) is 0 Å². The van der Waals surface area contributed by atoms with Crippen molar-refractivity contribution in [3.8, 4) is 0 Å². The first-order chi connectivity index (χ1) is 10.0. The van der Waals surface area contributed by atoms with Crippen LogP contribution in [0.25, 0.3) is 11.0 Å². The summed E-state index contributed by atoms with van der Waals surface area (Å²) in [5, 5.41) is 0. The maximum atomic E-state index is 12.6. The average Bonchev–Trinajstić information content (AvgIpc) is 2.86. The summed E-state index contributed by atoms with van der Waals surface area (Å²) in [6.45, 7) is 2.19. The maximum absolute atomic E-state index is 12.6. The van der Waals surface area contributed by atoms with Crippen molar-refractivity contribution in [2.24, 2.45) is 0 Å². The summed E-state index contributed by atoms with van der Waals surface area (Å²) in [4.78, 5) is 5.93. The third-order valence-electron chi connectivity index (χ3n) is 3.63. The molecule has 21 heavy (non-hydrogen) atoms. The van der Waals surface area contributed by atoms with E-state index in [-0.39, 0.29) is 0 Å². The molecule has 0 bridgehead atoms. The predicted octanol–water partition coefficient (Wildman–Crippen LogP) is 5.48. The highest BCUT2D eigenvalue weighted by atomic mass is 19.4. The second-order valence-electron chi connectivity index (χ2n) is 5.45. The number of hydrogen-bond acceptors (Lipinski definition) is 1. The van der Waals surface area contributed by atoms with Crippen molar-refractivity contribution in [2.45, 2.75) is 58.0 Å². The predicted molar refractivity (Wildman–Crippen MR) is 78.2 cm³/mol. The first-order valence-electron chi connectivity index (χ1n) is 7.56. The average molecular weight is 298 g/mol. The van der Waals surface area contributed by atoms with E-state index in [4.69, 9.17) is 0 Å². The lowest BCUT2D eigenvalue weighted by molar-refractivity contribution is -0.144. The van der Waals surface area contributed by atoms with Crippen LogP contribution in [0.4, 0.5) is 13.2 Å². The molecule has 0 radical (unpaired) electrons. The van der Waals surface area contributed by atoms with Gasteiger partial charge < -0.3 is 4.98 Å². The smallest absolute Gasteiger partial charge is 0.334 e. The van der Waals surface area contributed by atoms with Crippen LogP contribution in [0.3, 0.4) is 0 Å². The molecule has 0 aliphatic heterocycles. The van der Waals surface area contributed by atoms with Crippen molar-refractivity contribution in [1.82, 2.24) is 9.97 Å². The molecule has 2 nitrogen and oxygen atoms in total. The van der Waals surface area contributed by atoms with Gasteiger partial charge in [-0.2, -0.15) is 13.2 Å². The van der Waals surface area contributed by atoms with E-state index in [1.807, 2.05) is 6.07 Å². The number of hydrogen-bond donors (Lipinski definition) is 1. The van der Waals surface area contributed by atoms with Gasteiger partial charge in [0.25, 0.3) is 0 Å². The van der Waals surface area contributed by atoms with Crippen LogP contribution in [-0.2, 0) is 12.6 Å². The van der Waals surface area contributed by atoms with Crippen LogP contribution in [0.15, 0.2) is 18.2 Å². The number of aromatic amines is 1. The highest BCUT2D eigenvalue weighted by molar-refractivity contribution is 5.76. The Bertz CT molecular complexity index is 572. The van der Waals surface area contributed by atoms with Crippen molar-refractivity contribution in [1.29, 1.82) is 0 Å². The zero-order chi connectivity index (χ0) is 15.3. The third-order valence-corrected chi connectivity index (χ3v) is 3.63. The molecule has 0 spiro atoms. The molecule has 116 valence electrons. The Hall–Kier alpha value is -1.52. The van der Waals surface area contributed by atoms with Gasteiger partial charge in [-0.3, -0.25) is 0 Å². The molecule has 0 saturated heterocycles. The van der Waals surface area contributed by atoms with Gasteiger partial charge in [0, 0.05) is 0 Å². The van der Waals surface area contributed by atoms with E-state index in [0.29, 0.717) is 11.0 Å². The number of benzene rings is 1. The number of H-pyrrole nitrogens is 1. The quantitative estimate of drug-likeness (QED) is 0.673. The fraction of sp³-hybridized carbons (Fsp3) is 0.562. The molecule has 0 atom stereocenters. The Morgan fingerprint density at radius 2 is 1.76 bits per heavy atom. The van der Waals surface area contributed by atoms with Gasteiger partial charge in [-0.25, -0.2) is 4.98 Å². The molecule has 0 saturated carbocycles. The van der Waals surface area contributed by atoms with Gasteiger partial charge in [0.2, 0.25) is 5.82 Å². The Kier molecular flexibility index (Phi) is 5.26. The molecule has 1 aromatic carbocycles. The van der Waals surface area contributed by atoms with Crippen LogP contribution in [0.2, 0.25) is 0 Å². The Morgan fingerprint density at radius 1 is 1.05 bits per heavy atom. The number of fused-ring (bicyclic) bond motifs is 1. The number of alkyl halides is 3. The van der Waals surface area contributed by atoms with Gasteiger partial charge in [-0.15, -0.1) is 0 Å². The SMILES string of the molecule is CCCCCCCCc1ccc2nc(C(F)(F)F)[nH]c2c1. The standard InChI is InChI=1S/C16H21F3N2/c1-2-3-4-5-6-7-8-12-9-10-13-14(11-12)21-15(20-13)16(17,18)19/h9-11H,2-8H2,1H3,(H,20,21). The van der Waals surface area contributed by atoms with Crippen molar-refractivity contribution in [3.05, 3.63) is 29.6 Å². The largest absolute Gasteiger partial charge is 0.449 e. The number of imidazole rings is 1. The van der Waals surface area contributed by atoms with E-state index in [1.165, 1.54) is 32.1 Å². The molecule has 0 unspecified atom stereocenters. The summed E-state index contributed by atoms with van der Waals surface area (Å²) >= 11 is 0. The number of aryl methyl sites for hydroxylation is 1. The molecule has 2 aromatic rings. The molecule has 2 rings (SSSR count). The van der Waals surface area contributed by atoms with Gasteiger partial charge in [-0.05, 0) is 30.5 Å². The number of aromatic nitrogens is 2. The number of halogens is 3. The van der Waals surface area contributed by atoms with Crippen LogP contribution >= 0.6 is 0 Å². The molecular weight excluding hydrogens is 277 g/mol. The Morgan fingerprint density at radius 3 is 2.48 bits per heavy atom. The zero-order valence-electron chi connectivity index (χ0n) is 12.3. The van der Waals surface area contributed by atoms with Gasteiger partial charge in [0.1, 0.15) is 0 Å². The van der Waals surface area contributed by atoms with Gasteiger partial charge in [0.05, 0.1) is 11.0 Å². The molecular formula is C16H21F3N2. The molecule has 0 aliphatic rings. The summed E-state index contributed by atoms with van der Waals surface area (Å²) in [5.74, 6) is -0.922. The van der Waals surface area contributed by atoms with Crippen LogP contribution in [0.5, 0.6) is 0 Å². The Balaban J connectivity index is 1.93. The molecule has 1 heterocycles. The normalized spacial score (nSPS) is 12.2. The van der Waals surface area contributed by atoms with E-state index >= 15 is 0 Å². The molecule has 1 N–H and O–H groups in total. The summed E-state index contributed by atoms with van der Waals surface area (Å²) in [6.07, 6.45) is 3.76. The first-order valence-corrected chi connectivity index (χ1v) is 7.56. The summed E-state index contributed by atoms with van der Waals surface area (Å²) < 4.78 is 37.7. The van der Waals surface area contributed by atoms with E-state index in [2.05, 4.69) is 16.9 Å². The van der Waals surface area contributed by atoms with Crippen LogP contribution in [0, 0.1) is 0 Å². The highest BCUT2D eigenvalue weighted by Gasteiger charge is 2.34. The van der Waals surface area contributed by atoms with Crippen molar-refractivity contribution < 1.29 is 13.2 Å². The van der Waals surface area contributed by atoms with E-state index < -0.39 is 12.0 Å². The summed E-state index contributed by atoms with van der Waals surface area (Å²) in [7, 11) is 0. The number of nitrogens with one attached hydrogen (secondary N) is 1. The lowest BCUT2D eigenvalue weighted by Gasteiger charge is -2.02. The highest BCUT2D eigenvalue weighted by Crippen LogP contribution is 2.28. The second-order valence-corrected chi connectivity index (χ2v) is 5.45. The maximum Gasteiger partial charge on any atom is 0.449 e. The lowest BCUT2D eigenvalue weighted by atomic mass is 10.0. The third kappa shape index (κ3) is 4.48. The summed E-state index contributed by atoms with van der Waals surface area (Å²) in [5.41, 5.74) is 1.90. The minimum atomic E-state index is -4.42. The second kappa shape index (κ2) is 6.96. The molecule has 1 aromatic heterocycles. The molecule has 5 heteroatoms. The van der Waals surface area contributed by atoms with Crippen molar-refractivity contribution in [2.75, 3.05) is 0 Å². The topological polar surface area (TPSA) is 28.7 Å². The van der Waals surface area contributed by atoms with Crippen LogP contribution < -0.4 is 0 Å². The minimum absolute atomic E-state index is 0.369. The zero-order valence-corrected chi connectivity index (χ0v) is 12.3.